The maximum Gasteiger partial charge on any atom is 0.203 e. The average Bonchev–Trinajstić information content (AvgIpc) is 2.87. The second-order valence-corrected chi connectivity index (χ2v) is 7.36. The lowest BCUT2D eigenvalue weighted by Crippen LogP contribution is -2.33. The van der Waals surface area contributed by atoms with Gasteiger partial charge in [-0.15, -0.1) is 0 Å². The molecule has 0 bridgehead atoms. The van der Waals surface area contributed by atoms with Gasteiger partial charge in [-0.05, 0) is 39.3 Å². The van der Waals surface area contributed by atoms with Gasteiger partial charge in [0.15, 0.2) is 0 Å². The van der Waals surface area contributed by atoms with Crippen molar-refractivity contribution in [1.82, 2.24) is 14.5 Å². The van der Waals surface area contributed by atoms with Gasteiger partial charge in [0, 0.05) is 25.3 Å². The lowest BCUT2D eigenvalue weighted by molar-refractivity contribution is 0.212. The van der Waals surface area contributed by atoms with Crippen molar-refractivity contribution in [3.8, 4) is 0 Å². The van der Waals surface area contributed by atoms with Crippen LogP contribution in [0.4, 0.5) is 5.95 Å². The Balaban J connectivity index is 2.06. The molecule has 1 N–H and O–H groups in total. The first kappa shape index (κ1) is 15.4. The minimum atomic E-state index is 0.239. The highest BCUT2D eigenvalue weighted by Gasteiger charge is 2.23. The van der Waals surface area contributed by atoms with E-state index in [-0.39, 0.29) is 5.41 Å². The van der Waals surface area contributed by atoms with E-state index in [4.69, 9.17) is 0 Å². The molecule has 1 fully saturated rings. The summed E-state index contributed by atoms with van der Waals surface area (Å²) in [5.74, 6) is 1.06. The van der Waals surface area contributed by atoms with E-state index in [0.717, 1.165) is 24.7 Å². The van der Waals surface area contributed by atoms with Crippen LogP contribution in [-0.2, 0) is 6.54 Å². The number of anilines is 1. The van der Waals surface area contributed by atoms with Crippen LogP contribution in [-0.4, -0.2) is 41.1 Å². The molecule has 4 heteroatoms. The molecule has 0 spiro atoms. The van der Waals surface area contributed by atoms with E-state index in [1.807, 2.05) is 0 Å². The third-order valence-electron chi connectivity index (χ3n) is 3.93. The summed E-state index contributed by atoms with van der Waals surface area (Å²) in [6.45, 7) is 8.80. The number of nitrogens with one attached hydrogen (secondary N) is 1. The fourth-order valence-electron chi connectivity index (χ4n) is 3.40. The van der Waals surface area contributed by atoms with Gasteiger partial charge in [-0.25, -0.2) is 4.98 Å². The van der Waals surface area contributed by atoms with Crippen LogP contribution >= 0.6 is 0 Å². The summed E-state index contributed by atoms with van der Waals surface area (Å²) in [7, 11) is 4.27. The van der Waals surface area contributed by atoms with Gasteiger partial charge < -0.3 is 14.8 Å². The number of hydrogen-bond donors (Lipinski definition) is 1. The third kappa shape index (κ3) is 4.23. The first-order valence-electron chi connectivity index (χ1n) is 7.81. The van der Waals surface area contributed by atoms with Crippen LogP contribution in [0.3, 0.4) is 0 Å². The Morgan fingerprint density at radius 3 is 2.60 bits per heavy atom. The average molecular weight is 278 g/mol. The Labute approximate surface area is 123 Å². The van der Waals surface area contributed by atoms with Crippen LogP contribution in [0.25, 0.3) is 0 Å². The van der Waals surface area contributed by atoms with Gasteiger partial charge in [0.1, 0.15) is 0 Å². The third-order valence-corrected chi connectivity index (χ3v) is 3.93. The number of aromatic nitrogens is 2. The van der Waals surface area contributed by atoms with Crippen molar-refractivity contribution in [3.63, 3.8) is 0 Å². The maximum absolute atomic E-state index is 4.68. The minimum Gasteiger partial charge on any atom is -0.353 e. The maximum atomic E-state index is 4.68. The van der Waals surface area contributed by atoms with Crippen molar-refractivity contribution >= 4 is 5.95 Å². The number of rotatable bonds is 6. The largest absolute Gasteiger partial charge is 0.353 e. The van der Waals surface area contributed by atoms with Crippen LogP contribution in [0.5, 0.6) is 0 Å². The molecule has 4 nitrogen and oxygen atoms in total. The summed E-state index contributed by atoms with van der Waals surface area (Å²) in [6, 6.07) is 0.618. The normalized spacial score (nSPS) is 17.1. The van der Waals surface area contributed by atoms with Crippen LogP contribution in [0.1, 0.15) is 45.2 Å². The molecule has 0 radical (unpaired) electrons. The van der Waals surface area contributed by atoms with Gasteiger partial charge >= 0.3 is 0 Å². The predicted molar refractivity (Wildman–Crippen MR) is 85.2 cm³/mol. The topological polar surface area (TPSA) is 33.1 Å². The van der Waals surface area contributed by atoms with Gasteiger partial charge in [0.2, 0.25) is 5.95 Å². The molecular weight excluding hydrogens is 248 g/mol. The summed E-state index contributed by atoms with van der Waals surface area (Å²) >= 11 is 0. The molecule has 0 aromatic carbocycles. The summed E-state index contributed by atoms with van der Waals surface area (Å²) in [6.07, 6.45) is 7.45. The van der Waals surface area contributed by atoms with Gasteiger partial charge in [-0.1, -0.05) is 26.7 Å². The van der Waals surface area contributed by atoms with Crippen molar-refractivity contribution < 1.29 is 0 Å². The standard InChI is InChI=1S/C16H30N4/c1-13-10-20(12-16(2,3)11-19(4)5)15(17-13)18-14-8-6-7-9-14/h10,14H,6-9,11-12H2,1-5H3,(H,17,18). The summed E-state index contributed by atoms with van der Waals surface area (Å²) < 4.78 is 2.30. The molecule has 0 aliphatic heterocycles. The van der Waals surface area contributed by atoms with E-state index in [1.165, 1.54) is 25.7 Å². The first-order chi connectivity index (χ1) is 9.35. The zero-order chi connectivity index (χ0) is 14.8. The molecule has 0 saturated heterocycles. The first-order valence-corrected chi connectivity index (χ1v) is 7.81. The molecule has 114 valence electrons. The molecule has 20 heavy (non-hydrogen) atoms. The van der Waals surface area contributed by atoms with Crippen LogP contribution < -0.4 is 5.32 Å². The van der Waals surface area contributed by atoms with E-state index in [1.54, 1.807) is 0 Å². The quantitative estimate of drug-likeness (QED) is 0.868. The van der Waals surface area contributed by atoms with Gasteiger partial charge in [0.05, 0.1) is 5.69 Å². The lowest BCUT2D eigenvalue weighted by atomic mass is 9.93. The number of nitrogens with zero attached hydrogens (tertiary/aromatic N) is 3. The Bertz CT molecular complexity index is 428. The molecule has 2 rings (SSSR count). The summed E-state index contributed by atoms with van der Waals surface area (Å²) in [5.41, 5.74) is 1.34. The van der Waals surface area contributed by atoms with Gasteiger partial charge in [-0.3, -0.25) is 0 Å². The molecule has 1 saturated carbocycles. The Kier molecular flexibility index (Phi) is 4.74. The second-order valence-electron chi connectivity index (χ2n) is 7.36. The zero-order valence-electron chi connectivity index (χ0n) is 13.7. The zero-order valence-corrected chi connectivity index (χ0v) is 13.7. The van der Waals surface area contributed by atoms with Crippen LogP contribution in [0, 0.1) is 12.3 Å². The Morgan fingerprint density at radius 1 is 1.35 bits per heavy atom. The number of hydrogen-bond acceptors (Lipinski definition) is 3. The molecular formula is C16H30N4. The highest BCUT2D eigenvalue weighted by molar-refractivity contribution is 5.30. The van der Waals surface area contributed by atoms with Crippen molar-refractivity contribution in [2.45, 2.75) is 59.0 Å². The highest BCUT2D eigenvalue weighted by Crippen LogP contribution is 2.25. The molecule has 1 aliphatic rings. The fourth-order valence-corrected chi connectivity index (χ4v) is 3.40. The SMILES string of the molecule is Cc1cn(CC(C)(C)CN(C)C)c(NC2CCCC2)n1. The van der Waals surface area contributed by atoms with Gasteiger partial charge in [-0.2, -0.15) is 0 Å². The Hall–Kier alpha value is -1.03. The monoisotopic (exact) mass is 278 g/mol. The summed E-state index contributed by atoms with van der Waals surface area (Å²) in [4.78, 5) is 6.93. The molecule has 0 atom stereocenters. The second kappa shape index (κ2) is 6.17. The van der Waals surface area contributed by atoms with Crippen molar-refractivity contribution in [2.24, 2.45) is 5.41 Å². The lowest BCUT2D eigenvalue weighted by Gasteiger charge is -2.29. The molecule has 0 unspecified atom stereocenters. The Morgan fingerprint density at radius 2 is 2.00 bits per heavy atom. The van der Waals surface area contributed by atoms with Crippen molar-refractivity contribution in [1.29, 1.82) is 0 Å². The molecule has 1 aromatic heterocycles. The molecule has 0 amide bonds. The van der Waals surface area contributed by atoms with E-state index in [2.05, 4.69) is 60.8 Å². The number of aryl methyl sites for hydroxylation is 1. The molecule has 1 aromatic rings. The number of imidazole rings is 1. The van der Waals surface area contributed by atoms with E-state index < -0.39 is 0 Å². The minimum absolute atomic E-state index is 0.239. The van der Waals surface area contributed by atoms with Crippen LogP contribution in [0.15, 0.2) is 6.20 Å². The van der Waals surface area contributed by atoms with E-state index >= 15 is 0 Å². The van der Waals surface area contributed by atoms with Crippen molar-refractivity contribution in [3.05, 3.63) is 11.9 Å². The van der Waals surface area contributed by atoms with E-state index in [9.17, 15) is 0 Å². The molecule has 1 aliphatic carbocycles. The molecule has 1 heterocycles. The highest BCUT2D eigenvalue weighted by atomic mass is 15.2. The predicted octanol–water partition coefficient (Wildman–Crippen LogP) is 3.13. The summed E-state index contributed by atoms with van der Waals surface area (Å²) in [5, 5.41) is 3.64. The van der Waals surface area contributed by atoms with E-state index in [0.29, 0.717) is 6.04 Å². The smallest absolute Gasteiger partial charge is 0.203 e. The van der Waals surface area contributed by atoms with Crippen molar-refractivity contribution in [2.75, 3.05) is 26.0 Å². The fraction of sp³-hybridized carbons (Fsp3) is 0.812. The van der Waals surface area contributed by atoms with Gasteiger partial charge in [0.25, 0.3) is 0 Å². The van der Waals surface area contributed by atoms with Crippen LogP contribution in [0.2, 0.25) is 0 Å².